The van der Waals surface area contributed by atoms with Gasteiger partial charge in [0.1, 0.15) is 6.04 Å². The Morgan fingerprint density at radius 3 is 2.71 bits per heavy atom. The molecule has 2 amide bonds. The summed E-state index contributed by atoms with van der Waals surface area (Å²) in [6, 6.07) is -0.435. The van der Waals surface area contributed by atoms with Crippen LogP contribution in [-0.4, -0.2) is 65.7 Å². The molecule has 0 aromatic carbocycles. The summed E-state index contributed by atoms with van der Waals surface area (Å²) in [5.74, 6) is -0.314. The van der Waals surface area contributed by atoms with Crippen LogP contribution in [0.3, 0.4) is 0 Å². The van der Waals surface area contributed by atoms with Crippen molar-refractivity contribution in [2.75, 3.05) is 26.7 Å². The molecule has 1 saturated carbocycles. The van der Waals surface area contributed by atoms with Crippen LogP contribution in [0.25, 0.3) is 0 Å². The fourth-order valence-corrected chi connectivity index (χ4v) is 4.37. The van der Waals surface area contributed by atoms with E-state index >= 15 is 0 Å². The Kier molecular flexibility index (Phi) is 4.06. The van der Waals surface area contributed by atoms with E-state index in [9.17, 15) is 14.7 Å². The smallest absolute Gasteiger partial charge is 0.326 e. The SMILES string of the molecule is CN1CCCC1CNC(=O)N1CC2CCCC2C1C(=O)O. The largest absolute Gasteiger partial charge is 0.480 e. The van der Waals surface area contributed by atoms with Crippen LogP contribution in [0.4, 0.5) is 4.79 Å². The topological polar surface area (TPSA) is 72.9 Å². The van der Waals surface area contributed by atoms with Gasteiger partial charge in [0.15, 0.2) is 0 Å². The summed E-state index contributed by atoms with van der Waals surface area (Å²) in [5, 5.41) is 12.4. The first-order valence-electron chi connectivity index (χ1n) is 8.05. The van der Waals surface area contributed by atoms with Crippen LogP contribution in [0.1, 0.15) is 32.1 Å². The highest BCUT2D eigenvalue weighted by Crippen LogP contribution is 2.42. The van der Waals surface area contributed by atoms with Gasteiger partial charge in [0.2, 0.25) is 0 Å². The van der Waals surface area contributed by atoms with Crippen molar-refractivity contribution in [2.45, 2.75) is 44.2 Å². The van der Waals surface area contributed by atoms with Crippen LogP contribution >= 0.6 is 0 Å². The van der Waals surface area contributed by atoms with Crippen molar-refractivity contribution >= 4 is 12.0 Å². The maximum atomic E-state index is 12.4. The van der Waals surface area contributed by atoms with Crippen LogP contribution < -0.4 is 5.32 Å². The Labute approximate surface area is 125 Å². The second-order valence-electron chi connectivity index (χ2n) is 6.75. The first kappa shape index (κ1) is 14.6. The number of likely N-dealkylation sites (N-methyl/N-ethyl adjacent to an activating group) is 1. The number of nitrogens with one attached hydrogen (secondary N) is 1. The summed E-state index contributed by atoms with van der Waals surface area (Å²) in [6.07, 6.45) is 5.37. The van der Waals surface area contributed by atoms with Crippen molar-refractivity contribution in [1.29, 1.82) is 0 Å². The lowest BCUT2D eigenvalue weighted by molar-refractivity contribution is -0.142. The first-order chi connectivity index (χ1) is 10.1. The number of likely N-dealkylation sites (tertiary alicyclic amines) is 2. The number of carboxylic acid groups (broad SMARTS) is 1. The van der Waals surface area contributed by atoms with Crippen LogP contribution in [0.2, 0.25) is 0 Å². The molecule has 0 spiro atoms. The molecule has 0 aromatic rings. The molecule has 21 heavy (non-hydrogen) atoms. The predicted octanol–water partition coefficient (Wildman–Crippen LogP) is 0.975. The van der Waals surface area contributed by atoms with E-state index in [2.05, 4.69) is 17.3 Å². The molecule has 0 bridgehead atoms. The summed E-state index contributed by atoms with van der Waals surface area (Å²) < 4.78 is 0. The van der Waals surface area contributed by atoms with Gasteiger partial charge >= 0.3 is 12.0 Å². The maximum Gasteiger partial charge on any atom is 0.326 e. The number of hydrogen-bond acceptors (Lipinski definition) is 3. The van der Waals surface area contributed by atoms with Crippen molar-refractivity contribution in [2.24, 2.45) is 11.8 Å². The third-order valence-electron chi connectivity index (χ3n) is 5.56. The molecule has 2 N–H and O–H groups in total. The van der Waals surface area contributed by atoms with E-state index in [0.717, 1.165) is 32.2 Å². The normalized spacial score (nSPS) is 36.0. The van der Waals surface area contributed by atoms with Gasteiger partial charge < -0.3 is 20.2 Å². The molecule has 2 heterocycles. The Bertz CT molecular complexity index is 428. The summed E-state index contributed by atoms with van der Waals surface area (Å²) in [5.41, 5.74) is 0. The molecule has 2 saturated heterocycles. The lowest BCUT2D eigenvalue weighted by Crippen LogP contribution is -2.50. The lowest BCUT2D eigenvalue weighted by atomic mass is 9.94. The average molecular weight is 295 g/mol. The molecule has 0 radical (unpaired) electrons. The molecule has 1 aliphatic carbocycles. The Morgan fingerprint density at radius 1 is 1.24 bits per heavy atom. The Balaban J connectivity index is 1.59. The van der Waals surface area contributed by atoms with Gasteiger partial charge in [-0.15, -0.1) is 0 Å². The minimum atomic E-state index is -0.850. The van der Waals surface area contributed by atoms with E-state index in [1.807, 2.05) is 0 Å². The fourth-order valence-electron chi connectivity index (χ4n) is 4.37. The van der Waals surface area contributed by atoms with Gasteiger partial charge in [-0.3, -0.25) is 0 Å². The number of carbonyl (C=O) groups is 2. The minimum Gasteiger partial charge on any atom is -0.480 e. The molecule has 3 aliphatic rings. The number of amides is 2. The zero-order valence-corrected chi connectivity index (χ0v) is 12.6. The molecule has 3 fully saturated rings. The number of urea groups is 1. The standard InChI is InChI=1S/C15H25N3O3/c1-17-7-3-5-11(17)8-16-15(21)18-9-10-4-2-6-12(10)13(18)14(19)20/h10-13H,2-9H2,1H3,(H,16,21)(H,19,20). The first-order valence-corrected chi connectivity index (χ1v) is 8.05. The molecule has 6 heteroatoms. The summed E-state index contributed by atoms with van der Waals surface area (Å²) in [4.78, 5) is 27.7. The molecule has 4 atom stereocenters. The van der Waals surface area contributed by atoms with Crippen molar-refractivity contribution in [1.82, 2.24) is 15.1 Å². The van der Waals surface area contributed by atoms with Gasteiger partial charge in [0.05, 0.1) is 0 Å². The minimum absolute atomic E-state index is 0.155. The summed E-state index contributed by atoms with van der Waals surface area (Å²) in [6.45, 7) is 2.30. The number of fused-ring (bicyclic) bond motifs is 1. The third-order valence-corrected chi connectivity index (χ3v) is 5.56. The molecular formula is C15H25N3O3. The fraction of sp³-hybridized carbons (Fsp3) is 0.867. The van der Waals surface area contributed by atoms with E-state index in [1.165, 1.54) is 6.42 Å². The van der Waals surface area contributed by atoms with E-state index in [0.29, 0.717) is 25.0 Å². The second kappa shape index (κ2) is 5.83. The summed E-state index contributed by atoms with van der Waals surface area (Å²) >= 11 is 0. The van der Waals surface area contributed by atoms with Gasteiger partial charge in [0, 0.05) is 19.1 Å². The highest BCUT2D eigenvalue weighted by atomic mass is 16.4. The van der Waals surface area contributed by atoms with E-state index < -0.39 is 12.0 Å². The monoisotopic (exact) mass is 295 g/mol. The number of carboxylic acids is 1. The molecular weight excluding hydrogens is 270 g/mol. The number of nitrogens with zero attached hydrogens (tertiary/aromatic N) is 2. The van der Waals surface area contributed by atoms with Gasteiger partial charge in [-0.2, -0.15) is 0 Å². The van der Waals surface area contributed by atoms with Crippen LogP contribution in [0.5, 0.6) is 0 Å². The lowest BCUT2D eigenvalue weighted by Gasteiger charge is -2.26. The van der Waals surface area contributed by atoms with Gasteiger partial charge in [0.25, 0.3) is 0 Å². The van der Waals surface area contributed by atoms with E-state index in [1.54, 1.807) is 4.90 Å². The zero-order valence-electron chi connectivity index (χ0n) is 12.6. The van der Waals surface area contributed by atoms with E-state index in [4.69, 9.17) is 0 Å². The highest BCUT2D eigenvalue weighted by molar-refractivity contribution is 5.83. The third kappa shape index (κ3) is 2.73. The van der Waals surface area contributed by atoms with Gasteiger partial charge in [-0.05, 0) is 51.1 Å². The Morgan fingerprint density at radius 2 is 2.05 bits per heavy atom. The maximum absolute atomic E-state index is 12.4. The average Bonchev–Trinajstić information content (AvgIpc) is 3.10. The molecule has 0 aromatic heterocycles. The van der Waals surface area contributed by atoms with Gasteiger partial charge in [-0.25, -0.2) is 9.59 Å². The van der Waals surface area contributed by atoms with Crippen LogP contribution in [0.15, 0.2) is 0 Å². The van der Waals surface area contributed by atoms with Crippen LogP contribution in [0, 0.1) is 11.8 Å². The van der Waals surface area contributed by atoms with Crippen molar-refractivity contribution < 1.29 is 14.7 Å². The van der Waals surface area contributed by atoms with Crippen molar-refractivity contribution in [3.05, 3.63) is 0 Å². The molecule has 3 rings (SSSR count). The highest BCUT2D eigenvalue weighted by Gasteiger charge is 2.49. The molecule has 6 nitrogen and oxygen atoms in total. The van der Waals surface area contributed by atoms with Crippen molar-refractivity contribution in [3.8, 4) is 0 Å². The van der Waals surface area contributed by atoms with E-state index in [-0.39, 0.29) is 11.9 Å². The molecule has 4 unspecified atom stereocenters. The van der Waals surface area contributed by atoms with Crippen molar-refractivity contribution in [3.63, 3.8) is 0 Å². The number of rotatable bonds is 3. The number of carbonyl (C=O) groups excluding carboxylic acids is 1. The summed E-state index contributed by atoms with van der Waals surface area (Å²) in [7, 11) is 2.07. The molecule has 118 valence electrons. The molecule has 2 aliphatic heterocycles. The quantitative estimate of drug-likeness (QED) is 0.814. The number of aliphatic carboxylic acids is 1. The zero-order chi connectivity index (χ0) is 15.0. The Hall–Kier alpha value is -1.30. The predicted molar refractivity (Wildman–Crippen MR) is 78.0 cm³/mol. The van der Waals surface area contributed by atoms with Crippen LogP contribution in [-0.2, 0) is 4.79 Å². The van der Waals surface area contributed by atoms with Gasteiger partial charge in [-0.1, -0.05) is 6.42 Å². The second-order valence-corrected chi connectivity index (χ2v) is 6.75. The number of hydrogen-bond donors (Lipinski definition) is 2.